The molecular weight excluding hydrogens is 560 g/mol. The fourth-order valence-corrected chi connectivity index (χ4v) is 5.79. The first-order valence-corrected chi connectivity index (χ1v) is 14.8. The van der Waals surface area contributed by atoms with E-state index in [-0.39, 0.29) is 6.03 Å². The van der Waals surface area contributed by atoms with E-state index in [0.717, 1.165) is 65.3 Å². The van der Waals surface area contributed by atoms with E-state index in [1.165, 1.54) is 0 Å². The van der Waals surface area contributed by atoms with Gasteiger partial charge >= 0.3 is 6.03 Å². The molecule has 1 fully saturated rings. The largest absolute Gasteiger partial charge is 0.378 e. The van der Waals surface area contributed by atoms with Crippen molar-refractivity contribution in [3.63, 3.8) is 0 Å². The zero-order chi connectivity index (χ0) is 29.0. The van der Waals surface area contributed by atoms with Gasteiger partial charge in [0.15, 0.2) is 4.96 Å². The Morgan fingerprint density at radius 3 is 2.51 bits per heavy atom. The number of hydrogen-bond acceptors (Lipinski definition) is 8. The van der Waals surface area contributed by atoms with Gasteiger partial charge in [-0.05, 0) is 48.5 Å². The molecule has 43 heavy (non-hydrogen) atoms. The lowest BCUT2D eigenvalue weighted by atomic mass is 10.1. The quantitative estimate of drug-likeness (QED) is 0.189. The molecule has 0 aliphatic carbocycles. The summed E-state index contributed by atoms with van der Waals surface area (Å²) in [5, 5.41) is 11.2. The molecule has 1 aliphatic heterocycles. The van der Waals surface area contributed by atoms with E-state index < -0.39 is 0 Å². The Bertz CT molecular complexity index is 1880. The summed E-state index contributed by atoms with van der Waals surface area (Å²) < 4.78 is 7.54. The summed E-state index contributed by atoms with van der Waals surface area (Å²) in [5.74, 6) is 0.487. The van der Waals surface area contributed by atoms with Crippen LogP contribution in [-0.2, 0) is 4.74 Å². The number of nitrogens with zero attached hydrogens (tertiary/aromatic N) is 5. The van der Waals surface area contributed by atoms with Gasteiger partial charge in [-0.1, -0.05) is 36.4 Å². The Labute approximate surface area is 252 Å². The van der Waals surface area contributed by atoms with Crippen LogP contribution in [0.15, 0.2) is 103 Å². The van der Waals surface area contributed by atoms with Gasteiger partial charge in [-0.2, -0.15) is 0 Å². The van der Waals surface area contributed by atoms with Crippen LogP contribution in [0.1, 0.15) is 0 Å². The number of amides is 2. The van der Waals surface area contributed by atoms with Crippen LogP contribution in [0.5, 0.6) is 0 Å². The highest BCUT2D eigenvalue weighted by molar-refractivity contribution is 7.15. The van der Waals surface area contributed by atoms with Crippen LogP contribution in [0, 0.1) is 0 Å². The van der Waals surface area contributed by atoms with Gasteiger partial charge in [0.25, 0.3) is 0 Å². The predicted molar refractivity (Wildman–Crippen MR) is 171 cm³/mol. The number of urea groups is 1. The van der Waals surface area contributed by atoms with Crippen LogP contribution in [0.4, 0.5) is 33.5 Å². The molecule has 0 unspecified atom stereocenters. The number of carbonyl (C=O) groups is 1. The van der Waals surface area contributed by atoms with E-state index in [1.807, 2.05) is 88.8 Å². The van der Waals surface area contributed by atoms with Crippen molar-refractivity contribution >= 4 is 51.0 Å². The molecule has 0 spiro atoms. The van der Waals surface area contributed by atoms with E-state index in [4.69, 9.17) is 14.7 Å². The van der Waals surface area contributed by atoms with Crippen molar-refractivity contribution in [1.29, 1.82) is 0 Å². The Hall–Kier alpha value is -5.26. The van der Waals surface area contributed by atoms with E-state index in [2.05, 4.69) is 38.0 Å². The van der Waals surface area contributed by atoms with Crippen molar-refractivity contribution in [2.24, 2.45) is 0 Å². The predicted octanol–water partition coefficient (Wildman–Crippen LogP) is 6.74. The lowest BCUT2D eigenvalue weighted by Gasteiger charge is -2.29. The second-order valence-corrected chi connectivity index (χ2v) is 10.8. The minimum Gasteiger partial charge on any atom is -0.378 e. The highest BCUT2D eigenvalue weighted by Gasteiger charge is 2.19. The number of hydrogen-bond donors (Lipinski definition) is 3. The standard InChI is InChI=1S/C32H28N8O2S/c41-31(35-23-7-2-1-3-8-23)36-24-9-4-6-22(20-24)28-29(40-16-19-43-32(40)38-28)27-12-13-33-30(37-27)34-25-10-5-11-26(21-25)39-14-17-42-18-15-39/h1-13,16,19-21H,14-15,17-18H2,(H,33,34,37)(H2,35,36,41). The van der Waals surface area contributed by atoms with Crippen LogP contribution in [0.25, 0.3) is 27.6 Å². The average molecular weight is 589 g/mol. The Morgan fingerprint density at radius 1 is 0.837 bits per heavy atom. The third-order valence-corrected chi connectivity index (χ3v) is 7.82. The highest BCUT2D eigenvalue weighted by Crippen LogP contribution is 2.35. The topological polar surface area (TPSA) is 109 Å². The maximum atomic E-state index is 12.6. The van der Waals surface area contributed by atoms with Crippen molar-refractivity contribution in [2.45, 2.75) is 0 Å². The fourth-order valence-electron chi connectivity index (χ4n) is 5.07. The number of imidazole rings is 1. The molecule has 4 heterocycles. The van der Waals surface area contributed by atoms with Crippen molar-refractivity contribution in [3.05, 3.63) is 103 Å². The second kappa shape index (κ2) is 11.9. The molecule has 0 bridgehead atoms. The van der Waals surface area contributed by atoms with Crippen LogP contribution in [0.2, 0.25) is 0 Å². The number of fused-ring (bicyclic) bond motifs is 1. The molecule has 10 nitrogen and oxygen atoms in total. The Balaban J connectivity index is 1.17. The van der Waals surface area contributed by atoms with Gasteiger partial charge in [0.1, 0.15) is 5.69 Å². The van der Waals surface area contributed by atoms with Gasteiger partial charge in [0.2, 0.25) is 5.95 Å². The van der Waals surface area contributed by atoms with Crippen molar-refractivity contribution < 1.29 is 9.53 Å². The normalized spacial score (nSPS) is 13.2. The third kappa shape index (κ3) is 5.89. The first-order valence-electron chi connectivity index (χ1n) is 13.9. The highest BCUT2D eigenvalue weighted by atomic mass is 32.1. The second-order valence-electron chi connectivity index (χ2n) is 9.93. The average Bonchev–Trinajstić information content (AvgIpc) is 3.64. The summed E-state index contributed by atoms with van der Waals surface area (Å²) in [7, 11) is 0. The van der Waals surface area contributed by atoms with Gasteiger partial charge in [-0.25, -0.2) is 19.7 Å². The number of benzene rings is 3. The Morgan fingerprint density at radius 2 is 1.63 bits per heavy atom. The molecule has 1 aliphatic rings. The van der Waals surface area contributed by atoms with Gasteiger partial charge in [0, 0.05) is 59.2 Å². The summed E-state index contributed by atoms with van der Waals surface area (Å²) >= 11 is 1.55. The van der Waals surface area contributed by atoms with Gasteiger partial charge in [-0.3, -0.25) is 4.40 Å². The van der Waals surface area contributed by atoms with Crippen LogP contribution < -0.4 is 20.9 Å². The number of aromatic nitrogens is 4. The monoisotopic (exact) mass is 588 g/mol. The fraction of sp³-hybridized carbons (Fsp3) is 0.125. The van der Waals surface area contributed by atoms with E-state index in [1.54, 1.807) is 17.5 Å². The van der Waals surface area contributed by atoms with Crippen LogP contribution in [-0.4, -0.2) is 51.7 Å². The van der Waals surface area contributed by atoms with Crippen LogP contribution in [0.3, 0.4) is 0 Å². The molecule has 214 valence electrons. The number of nitrogens with one attached hydrogen (secondary N) is 3. The third-order valence-electron chi connectivity index (χ3n) is 7.06. The summed E-state index contributed by atoms with van der Waals surface area (Å²) in [6.45, 7) is 3.19. The van der Waals surface area contributed by atoms with E-state index in [9.17, 15) is 4.79 Å². The SMILES string of the molecule is O=C(Nc1ccccc1)Nc1cccc(-c2nc3sccn3c2-c2ccnc(Nc3cccc(N4CCOCC4)c3)n2)c1. The molecule has 0 saturated carbocycles. The summed E-state index contributed by atoms with van der Waals surface area (Å²) in [6, 6.07) is 26.8. The molecule has 0 atom stereocenters. The molecule has 3 N–H and O–H groups in total. The van der Waals surface area contributed by atoms with Crippen LogP contribution >= 0.6 is 11.3 Å². The molecule has 3 aromatic carbocycles. The lowest BCUT2D eigenvalue weighted by Crippen LogP contribution is -2.36. The molecule has 7 rings (SSSR count). The lowest BCUT2D eigenvalue weighted by molar-refractivity contribution is 0.122. The first-order chi connectivity index (χ1) is 21.2. The number of ether oxygens (including phenoxy) is 1. The van der Waals surface area contributed by atoms with E-state index in [0.29, 0.717) is 17.3 Å². The minimum absolute atomic E-state index is 0.321. The molecule has 2 amide bonds. The first kappa shape index (κ1) is 26.6. The summed E-state index contributed by atoms with van der Waals surface area (Å²) in [5.41, 5.74) is 6.59. The summed E-state index contributed by atoms with van der Waals surface area (Å²) in [6.07, 6.45) is 3.74. The number of rotatable bonds is 7. The van der Waals surface area contributed by atoms with Crippen molar-refractivity contribution in [1.82, 2.24) is 19.4 Å². The molecule has 0 radical (unpaired) electrons. The molecule has 3 aromatic heterocycles. The molecule has 1 saturated heterocycles. The van der Waals surface area contributed by atoms with Gasteiger partial charge < -0.3 is 25.6 Å². The molecule has 6 aromatic rings. The van der Waals surface area contributed by atoms with Gasteiger partial charge in [-0.15, -0.1) is 11.3 Å². The van der Waals surface area contributed by atoms with Crippen molar-refractivity contribution in [2.75, 3.05) is 47.2 Å². The number of anilines is 5. The van der Waals surface area contributed by atoms with E-state index >= 15 is 0 Å². The minimum atomic E-state index is -0.321. The smallest absolute Gasteiger partial charge is 0.323 e. The number of thiazole rings is 1. The maximum Gasteiger partial charge on any atom is 0.323 e. The van der Waals surface area contributed by atoms with Crippen molar-refractivity contribution in [3.8, 4) is 22.6 Å². The maximum absolute atomic E-state index is 12.6. The summed E-state index contributed by atoms with van der Waals surface area (Å²) in [4.78, 5) is 30.1. The van der Waals surface area contributed by atoms with Gasteiger partial charge in [0.05, 0.1) is 24.6 Å². The molecular formula is C32H28N8O2S. The number of para-hydroxylation sites is 1. The Kier molecular flexibility index (Phi) is 7.38. The number of morpholine rings is 1. The number of carbonyl (C=O) groups excluding carboxylic acids is 1. The molecule has 11 heteroatoms. The zero-order valence-electron chi connectivity index (χ0n) is 23.1. The zero-order valence-corrected chi connectivity index (χ0v) is 23.9.